The zero-order chi connectivity index (χ0) is 24.3. The van der Waals surface area contributed by atoms with Crippen LogP contribution >= 0.6 is 0 Å². The van der Waals surface area contributed by atoms with Crippen LogP contribution in [0.1, 0.15) is 69.3 Å². The van der Waals surface area contributed by atoms with Crippen molar-refractivity contribution in [1.82, 2.24) is 0 Å². The van der Waals surface area contributed by atoms with E-state index in [1.54, 1.807) is 19.2 Å². The number of fused-ring (bicyclic) bond motifs is 3. The van der Waals surface area contributed by atoms with E-state index < -0.39 is 5.97 Å². The molecule has 1 aliphatic heterocycles. The first-order valence-corrected chi connectivity index (χ1v) is 12.2. The van der Waals surface area contributed by atoms with E-state index in [4.69, 9.17) is 9.47 Å². The van der Waals surface area contributed by atoms with Gasteiger partial charge in [-0.05, 0) is 103 Å². The number of carboxylic acids is 1. The summed E-state index contributed by atoms with van der Waals surface area (Å²) in [5.41, 5.74) is 3.30. The number of hydrogen-bond donors (Lipinski definition) is 1. The van der Waals surface area contributed by atoms with E-state index in [1.165, 1.54) is 6.42 Å². The van der Waals surface area contributed by atoms with Crippen molar-refractivity contribution < 1.29 is 19.4 Å². The van der Waals surface area contributed by atoms with E-state index in [-0.39, 0.29) is 16.6 Å². The molecular formula is C30H34O4. The van der Waals surface area contributed by atoms with Gasteiger partial charge in [-0.3, -0.25) is 0 Å². The summed E-state index contributed by atoms with van der Waals surface area (Å²) in [6.07, 6.45) is 4.31. The Kier molecular flexibility index (Phi) is 5.29. The van der Waals surface area contributed by atoms with Gasteiger partial charge in [-0.25, -0.2) is 4.79 Å². The van der Waals surface area contributed by atoms with Crippen LogP contribution in [0.15, 0.2) is 54.6 Å². The van der Waals surface area contributed by atoms with Crippen LogP contribution in [0.2, 0.25) is 0 Å². The van der Waals surface area contributed by atoms with Crippen molar-refractivity contribution in [2.24, 2.45) is 11.3 Å². The van der Waals surface area contributed by atoms with Crippen molar-refractivity contribution in [3.63, 3.8) is 0 Å². The molecule has 5 rings (SSSR count). The van der Waals surface area contributed by atoms with Crippen molar-refractivity contribution in [2.75, 3.05) is 7.11 Å². The lowest BCUT2D eigenvalue weighted by Crippen LogP contribution is -2.53. The number of benzene rings is 3. The molecule has 4 nitrogen and oxygen atoms in total. The van der Waals surface area contributed by atoms with Gasteiger partial charge in [0.2, 0.25) is 0 Å². The van der Waals surface area contributed by atoms with E-state index in [9.17, 15) is 9.90 Å². The summed E-state index contributed by atoms with van der Waals surface area (Å²) in [6.45, 7) is 9.16. The zero-order valence-corrected chi connectivity index (χ0v) is 20.8. The number of methoxy groups -OCH3 is 1. The third-order valence-electron chi connectivity index (χ3n) is 7.59. The third kappa shape index (κ3) is 4.09. The first-order chi connectivity index (χ1) is 16.0. The number of aromatic carboxylic acids is 1. The quantitative estimate of drug-likeness (QED) is 0.441. The summed E-state index contributed by atoms with van der Waals surface area (Å²) >= 11 is 0. The Morgan fingerprint density at radius 2 is 1.59 bits per heavy atom. The first kappa shape index (κ1) is 22.9. The lowest BCUT2D eigenvalue weighted by atomic mass is 9.59. The molecule has 0 spiro atoms. The van der Waals surface area contributed by atoms with Gasteiger partial charge in [-0.2, -0.15) is 0 Å². The largest absolute Gasteiger partial charge is 0.496 e. The van der Waals surface area contributed by atoms with Gasteiger partial charge in [0, 0.05) is 5.56 Å². The molecule has 34 heavy (non-hydrogen) atoms. The van der Waals surface area contributed by atoms with E-state index in [0.717, 1.165) is 52.5 Å². The van der Waals surface area contributed by atoms with Crippen molar-refractivity contribution in [1.29, 1.82) is 0 Å². The minimum absolute atomic E-state index is 0.175. The molecule has 2 unspecified atom stereocenters. The number of hydrogen-bond acceptors (Lipinski definition) is 3. The minimum atomic E-state index is -0.908. The Hall–Kier alpha value is -2.85. The molecule has 2 aliphatic rings. The monoisotopic (exact) mass is 458 g/mol. The Bertz CT molecular complexity index is 1250. The van der Waals surface area contributed by atoms with E-state index in [2.05, 4.69) is 58.0 Å². The fourth-order valence-electron chi connectivity index (χ4n) is 6.79. The number of carbonyl (C=O) groups is 1. The zero-order valence-electron chi connectivity index (χ0n) is 20.8. The van der Waals surface area contributed by atoms with Crippen LogP contribution in [0, 0.1) is 11.3 Å². The Morgan fingerprint density at radius 3 is 2.32 bits per heavy atom. The van der Waals surface area contributed by atoms with Gasteiger partial charge in [0.1, 0.15) is 5.75 Å². The molecule has 1 aliphatic carbocycles. The van der Waals surface area contributed by atoms with Crippen molar-refractivity contribution in [3.8, 4) is 16.9 Å². The number of ether oxygens (including phenoxy) is 2. The van der Waals surface area contributed by atoms with Gasteiger partial charge in [0.05, 0.1) is 23.9 Å². The Balaban J connectivity index is 1.62. The highest BCUT2D eigenvalue weighted by molar-refractivity contribution is 5.95. The second-order valence-electron chi connectivity index (χ2n) is 11.7. The van der Waals surface area contributed by atoms with Gasteiger partial charge < -0.3 is 14.6 Å². The van der Waals surface area contributed by atoms with Crippen LogP contribution in [0.5, 0.6) is 5.75 Å². The van der Waals surface area contributed by atoms with Gasteiger partial charge >= 0.3 is 5.97 Å². The number of rotatable bonds is 4. The van der Waals surface area contributed by atoms with Crippen molar-refractivity contribution in [3.05, 3.63) is 65.7 Å². The molecule has 1 heterocycles. The standard InChI is InChI=1S/C30H34O4/c1-28(2)15-19-16-29(3,4)34-30(17-19,18-28)25-14-23(10-11-26(25)33-5)21-6-7-22-13-24(27(31)32)9-8-20(22)12-21/h6-14,19H,15-18H2,1-5H3,(H,31,32). The predicted molar refractivity (Wildman–Crippen MR) is 135 cm³/mol. The normalized spacial score (nSPS) is 25.1. The van der Waals surface area contributed by atoms with Crippen LogP contribution in [-0.4, -0.2) is 23.8 Å². The third-order valence-corrected chi connectivity index (χ3v) is 7.59. The SMILES string of the molecule is COc1ccc(-c2ccc3cc(C(=O)O)ccc3c2)cc1C12CC(CC(C)(C)C1)CC(C)(C)O2. The highest BCUT2D eigenvalue weighted by Crippen LogP contribution is 2.59. The van der Waals surface area contributed by atoms with Crippen molar-refractivity contribution in [2.45, 2.75) is 64.6 Å². The molecule has 1 N–H and O–H groups in total. The lowest BCUT2D eigenvalue weighted by Gasteiger charge is -2.56. The minimum Gasteiger partial charge on any atom is -0.496 e. The maximum Gasteiger partial charge on any atom is 0.335 e. The highest BCUT2D eigenvalue weighted by atomic mass is 16.5. The molecule has 3 aromatic carbocycles. The Labute approximate surface area is 201 Å². The van der Waals surface area contributed by atoms with Gasteiger partial charge in [0.25, 0.3) is 0 Å². The molecule has 1 saturated carbocycles. The maximum absolute atomic E-state index is 11.3. The first-order valence-electron chi connectivity index (χ1n) is 12.2. The molecule has 2 bridgehead atoms. The molecule has 2 fully saturated rings. The van der Waals surface area contributed by atoms with Gasteiger partial charge in [-0.1, -0.05) is 38.1 Å². The molecule has 0 amide bonds. The van der Waals surface area contributed by atoms with Crippen LogP contribution in [0.25, 0.3) is 21.9 Å². The lowest BCUT2D eigenvalue weighted by molar-refractivity contribution is -0.232. The highest BCUT2D eigenvalue weighted by Gasteiger charge is 2.54. The van der Waals surface area contributed by atoms with Crippen molar-refractivity contribution >= 4 is 16.7 Å². The average molecular weight is 459 g/mol. The Morgan fingerprint density at radius 1 is 0.912 bits per heavy atom. The van der Waals surface area contributed by atoms with Crippen LogP contribution in [0.3, 0.4) is 0 Å². The van der Waals surface area contributed by atoms with E-state index >= 15 is 0 Å². The molecule has 0 radical (unpaired) electrons. The van der Waals surface area contributed by atoms with Crippen LogP contribution in [0.4, 0.5) is 0 Å². The van der Waals surface area contributed by atoms with E-state index in [0.29, 0.717) is 11.5 Å². The molecule has 3 aromatic rings. The average Bonchev–Trinajstić information content (AvgIpc) is 2.75. The second kappa shape index (κ2) is 7.84. The summed E-state index contributed by atoms with van der Waals surface area (Å²) in [7, 11) is 1.74. The number of carboxylic acid groups (broad SMARTS) is 1. The summed E-state index contributed by atoms with van der Waals surface area (Å²) in [5.74, 6) is 0.601. The summed E-state index contributed by atoms with van der Waals surface area (Å²) in [6, 6.07) is 17.9. The molecule has 1 saturated heterocycles. The summed E-state index contributed by atoms with van der Waals surface area (Å²) < 4.78 is 12.8. The van der Waals surface area contributed by atoms with Gasteiger partial charge in [-0.15, -0.1) is 0 Å². The molecule has 0 aromatic heterocycles. The van der Waals surface area contributed by atoms with E-state index in [1.807, 2.05) is 12.1 Å². The summed E-state index contributed by atoms with van der Waals surface area (Å²) in [4.78, 5) is 11.3. The molecule has 178 valence electrons. The molecule has 4 heteroatoms. The topological polar surface area (TPSA) is 55.8 Å². The van der Waals surface area contributed by atoms with Crippen LogP contribution in [-0.2, 0) is 10.3 Å². The van der Waals surface area contributed by atoms with Crippen LogP contribution < -0.4 is 4.74 Å². The second-order valence-corrected chi connectivity index (χ2v) is 11.7. The smallest absolute Gasteiger partial charge is 0.335 e. The molecule has 2 atom stereocenters. The maximum atomic E-state index is 11.3. The summed E-state index contributed by atoms with van der Waals surface area (Å²) in [5, 5.41) is 11.2. The fourth-order valence-corrected chi connectivity index (χ4v) is 6.79. The van der Waals surface area contributed by atoms with Gasteiger partial charge in [0.15, 0.2) is 0 Å². The fraction of sp³-hybridized carbons (Fsp3) is 0.433. The predicted octanol–water partition coefficient (Wildman–Crippen LogP) is 7.43. The molecular weight excluding hydrogens is 424 g/mol.